The van der Waals surface area contributed by atoms with Gasteiger partial charge >= 0.3 is 0 Å². The molecule has 0 atom stereocenters. The van der Waals surface area contributed by atoms with E-state index in [1.165, 1.54) is 10.9 Å². The number of hydrogen-bond donors (Lipinski definition) is 1. The normalized spacial score (nSPS) is 10.8. The van der Waals surface area contributed by atoms with Crippen molar-refractivity contribution in [2.45, 2.75) is 19.8 Å². The predicted octanol–water partition coefficient (Wildman–Crippen LogP) is 3.32. The van der Waals surface area contributed by atoms with E-state index >= 15 is 0 Å². The van der Waals surface area contributed by atoms with Gasteiger partial charge in [-0.1, -0.05) is 38.1 Å². The topological polar surface area (TPSA) is 29.1 Å². The van der Waals surface area contributed by atoms with Gasteiger partial charge in [-0.3, -0.25) is 4.79 Å². The summed E-state index contributed by atoms with van der Waals surface area (Å²) >= 11 is 0. The molecule has 0 aliphatic rings. The largest absolute Gasteiger partial charge is 0.355 e. The van der Waals surface area contributed by atoms with Crippen molar-refractivity contribution in [3.63, 3.8) is 0 Å². The molecule has 0 saturated carbocycles. The van der Waals surface area contributed by atoms with Crippen LogP contribution in [-0.4, -0.2) is 13.0 Å². The molecule has 2 heteroatoms. The van der Waals surface area contributed by atoms with E-state index in [0.29, 0.717) is 11.5 Å². The summed E-state index contributed by atoms with van der Waals surface area (Å²) in [6.45, 7) is 4.36. The third-order valence-electron chi connectivity index (χ3n) is 3.02. The van der Waals surface area contributed by atoms with Gasteiger partial charge in [0.1, 0.15) is 0 Å². The van der Waals surface area contributed by atoms with Gasteiger partial charge in [-0.2, -0.15) is 0 Å². The molecule has 1 N–H and O–H groups in total. The van der Waals surface area contributed by atoms with Crippen molar-refractivity contribution in [1.29, 1.82) is 0 Å². The fourth-order valence-electron chi connectivity index (χ4n) is 1.91. The van der Waals surface area contributed by atoms with Crippen LogP contribution in [0, 0.1) is 0 Å². The van der Waals surface area contributed by atoms with E-state index in [2.05, 4.69) is 37.4 Å². The van der Waals surface area contributed by atoms with Crippen LogP contribution in [0.15, 0.2) is 36.4 Å². The number of carbonyl (C=O) groups excluding carboxylic acids is 1. The molecule has 0 fully saturated rings. The highest BCUT2D eigenvalue weighted by atomic mass is 16.1. The van der Waals surface area contributed by atoms with Crippen LogP contribution in [0.5, 0.6) is 0 Å². The van der Waals surface area contributed by atoms with Crippen molar-refractivity contribution in [3.8, 4) is 0 Å². The summed E-state index contributed by atoms with van der Waals surface area (Å²) in [6.07, 6.45) is 0. The second-order valence-electron chi connectivity index (χ2n) is 4.56. The van der Waals surface area contributed by atoms with Crippen molar-refractivity contribution in [2.75, 3.05) is 7.05 Å². The third-order valence-corrected chi connectivity index (χ3v) is 3.02. The van der Waals surface area contributed by atoms with Crippen molar-refractivity contribution < 1.29 is 4.79 Å². The van der Waals surface area contributed by atoms with E-state index < -0.39 is 0 Å². The number of hydrogen-bond acceptors (Lipinski definition) is 1. The van der Waals surface area contributed by atoms with Crippen molar-refractivity contribution in [2.24, 2.45) is 0 Å². The van der Waals surface area contributed by atoms with Crippen molar-refractivity contribution >= 4 is 16.7 Å². The average Bonchev–Trinajstić information content (AvgIpc) is 2.36. The fraction of sp³-hybridized carbons (Fsp3) is 0.267. The Labute approximate surface area is 102 Å². The van der Waals surface area contributed by atoms with Gasteiger partial charge in [-0.05, 0) is 34.4 Å². The lowest BCUT2D eigenvalue weighted by Gasteiger charge is -2.08. The van der Waals surface area contributed by atoms with Crippen LogP contribution in [0.25, 0.3) is 10.8 Å². The number of fused-ring (bicyclic) bond motifs is 1. The molecule has 88 valence electrons. The Bertz CT molecular complexity index is 558. The smallest absolute Gasteiger partial charge is 0.251 e. The minimum absolute atomic E-state index is 0.0418. The van der Waals surface area contributed by atoms with Gasteiger partial charge in [0, 0.05) is 12.6 Å². The lowest BCUT2D eigenvalue weighted by molar-refractivity contribution is 0.0963. The van der Waals surface area contributed by atoms with Crippen LogP contribution in [0.4, 0.5) is 0 Å². The maximum Gasteiger partial charge on any atom is 0.251 e. The maximum absolute atomic E-state index is 11.5. The number of nitrogens with one attached hydrogen (secondary N) is 1. The van der Waals surface area contributed by atoms with Gasteiger partial charge in [-0.15, -0.1) is 0 Å². The van der Waals surface area contributed by atoms with E-state index in [9.17, 15) is 4.79 Å². The Kier molecular flexibility index (Phi) is 3.14. The molecule has 0 bridgehead atoms. The van der Waals surface area contributed by atoms with Crippen LogP contribution in [0.3, 0.4) is 0 Å². The summed E-state index contributed by atoms with van der Waals surface area (Å²) in [4.78, 5) is 11.5. The Morgan fingerprint density at radius 1 is 1.06 bits per heavy atom. The Hall–Kier alpha value is -1.83. The summed E-state index contributed by atoms with van der Waals surface area (Å²) in [5.74, 6) is 0.484. The van der Waals surface area contributed by atoms with Crippen molar-refractivity contribution in [3.05, 3.63) is 47.5 Å². The number of amides is 1. The highest BCUT2D eigenvalue weighted by molar-refractivity contribution is 5.98. The minimum Gasteiger partial charge on any atom is -0.355 e. The molecular weight excluding hydrogens is 210 g/mol. The summed E-state index contributed by atoms with van der Waals surface area (Å²) in [6, 6.07) is 12.2. The molecule has 0 aliphatic heterocycles. The molecular formula is C15H17NO. The molecule has 2 rings (SSSR count). The number of rotatable bonds is 2. The van der Waals surface area contributed by atoms with Gasteiger partial charge in [0.05, 0.1) is 0 Å². The van der Waals surface area contributed by atoms with Crippen LogP contribution >= 0.6 is 0 Å². The molecule has 0 heterocycles. The lowest BCUT2D eigenvalue weighted by Crippen LogP contribution is -2.17. The fourth-order valence-corrected chi connectivity index (χ4v) is 1.91. The summed E-state index contributed by atoms with van der Waals surface area (Å²) in [5, 5.41) is 4.93. The molecule has 0 unspecified atom stereocenters. The molecule has 0 spiro atoms. The zero-order chi connectivity index (χ0) is 12.4. The zero-order valence-electron chi connectivity index (χ0n) is 10.4. The van der Waals surface area contributed by atoms with Crippen LogP contribution in [0.2, 0.25) is 0 Å². The van der Waals surface area contributed by atoms with Gasteiger partial charge in [0.25, 0.3) is 5.91 Å². The Balaban J connectivity index is 2.50. The molecule has 2 nitrogen and oxygen atoms in total. The number of carbonyl (C=O) groups is 1. The highest BCUT2D eigenvalue weighted by Gasteiger charge is 2.05. The first kappa shape index (κ1) is 11.6. The predicted molar refractivity (Wildman–Crippen MR) is 71.4 cm³/mol. The summed E-state index contributed by atoms with van der Waals surface area (Å²) < 4.78 is 0. The van der Waals surface area contributed by atoms with E-state index in [4.69, 9.17) is 0 Å². The molecule has 1 amide bonds. The van der Waals surface area contributed by atoms with Crippen LogP contribution in [-0.2, 0) is 0 Å². The quantitative estimate of drug-likeness (QED) is 0.837. The van der Waals surface area contributed by atoms with E-state index in [-0.39, 0.29) is 5.91 Å². The first-order valence-corrected chi connectivity index (χ1v) is 5.87. The monoisotopic (exact) mass is 227 g/mol. The number of benzene rings is 2. The average molecular weight is 227 g/mol. The molecule has 2 aromatic carbocycles. The summed E-state index contributed by atoms with van der Waals surface area (Å²) in [5.41, 5.74) is 2.03. The second-order valence-corrected chi connectivity index (χ2v) is 4.56. The Morgan fingerprint density at radius 2 is 1.71 bits per heavy atom. The van der Waals surface area contributed by atoms with Crippen LogP contribution in [0.1, 0.15) is 35.7 Å². The Morgan fingerprint density at radius 3 is 2.35 bits per heavy atom. The van der Waals surface area contributed by atoms with E-state index in [1.54, 1.807) is 7.05 Å². The minimum atomic E-state index is -0.0418. The van der Waals surface area contributed by atoms with E-state index in [1.807, 2.05) is 18.2 Å². The molecule has 0 saturated heterocycles. The highest BCUT2D eigenvalue weighted by Crippen LogP contribution is 2.22. The lowest BCUT2D eigenvalue weighted by atomic mass is 9.98. The molecule has 17 heavy (non-hydrogen) atoms. The molecule has 0 aliphatic carbocycles. The standard InChI is InChI=1S/C15H17NO/c1-10(2)11-4-5-13-9-14(15(17)16-3)7-6-12(13)8-11/h4-10H,1-3H3,(H,16,17). The summed E-state index contributed by atoms with van der Waals surface area (Å²) in [7, 11) is 1.65. The van der Waals surface area contributed by atoms with Crippen molar-refractivity contribution in [1.82, 2.24) is 5.32 Å². The first-order valence-electron chi connectivity index (χ1n) is 5.87. The second kappa shape index (κ2) is 4.58. The zero-order valence-corrected chi connectivity index (χ0v) is 10.4. The SMILES string of the molecule is CNC(=O)c1ccc2cc(C(C)C)ccc2c1. The molecule has 0 radical (unpaired) electrons. The molecule has 0 aromatic heterocycles. The van der Waals surface area contributed by atoms with Gasteiger partial charge in [-0.25, -0.2) is 0 Å². The van der Waals surface area contributed by atoms with Crippen LogP contribution < -0.4 is 5.32 Å². The third kappa shape index (κ3) is 2.31. The first-order chi connectivity index (χ1) is 8.11. The molecule has 2 aromatic rings. The van der Waals surface area contributed by atoms with Gasteiger partial charge in [0.15, 0.2) is 0 Å². The van der Waals surface area contributed by atoms with Gasteiger partial charge in [0.2, 0.25) is 0 Å². The van der Waals surface area contributed by atoms with Gasteiger partial charge < -0.3 is 5.32 Å². The maximum atomic E-state index is 11.5. The van der Waals surface area contributed by atoms with E-state index in [0.717, 1.165) is 5.39 Å².